The summed E-state index contributed by atoms with van der Waals surface area (Å²) in [6.45, 7) is 6.69. The molecule has 0 aliphatic rings. The second-order valence-electron chi connectivity index (χ2n) is 5.09. The van der Waals surface area contributed by atoms with E-state index in [2.05, 4.69) is 20.8 Å². The summed E-state index contributed by atoms with van der Waals surface area (Å²) in [6.07, 6.45) is 7.40. The van der Waals surface area contributed by atoms with Crippen LogP contribution in [0, 0.1) is 0 Å². The van der Waals surface area contributed by atoms with E-state index >= 15 is 0 Å². The zero-order valence-corrected chi connectivity index (χ0v) is 16.6. The molecule has 0 nitrogen and oxygen atoms in total. The Morgan fingerprint density at radius 2 is 1.00 bits per heavy atom. The van der Waals surface area contributed by atoms with E-state index in [9.17, 15) is 0 Å². The van der Waals surface area contributed by atoms with Crippen molar-refractivity contribution in [2.75, 3.05) is 0 Å². The van der Waals surface area contributed by atoms with Crippen LogP contribution in [-0.2, 0) is 0 Å². The van der Waals surface area contributed by atoms with Crippen LogP contribution in [0.1, 0.15) is 59.3 Å². The molecule has 0 radical (unpaired) electrons. The normalized spacial score (nSPS) is 13.1. The van der Waals surface area contributed by atoms with E-state index < -0.39 is 20.2 Å². The predicted molar refractivity (Wildman–Crippen MR) is 85.2 cm³/mol. The average Bonchev–Trinajstić information content (AvgIpc) is 2.27. The van der Waals surface area contributed by atoms with Crippen molar-refractivity contribution in [3.05, 3.63) is 0 Å². The first-order chi connectivity index (χ1) is 7.93. The zero-order chi connectivity index (χ0) is 13.4. The monoisotopic (exact) mass is 408 g/mol. The van der Waals surface area contributed by atoms with E-state index in [-0.39, 0.29) is 0 Å². The molecule has 0 unspecified atom stereocenters. The second-order valence-corrected chi connectivity index (χ2v) is 23.8. The first-order valence-corrected chi connectivity index (χ1v) is 15.6. The van der Waals surface area contributed by atoms with Crippen LogP contribution in [0.15, 0.2) is 0 Å². The summed E-state index contributed by atoms with van der Waals surface area (Å²) in [6, 6.07) is 0. The van der Waals surface area contributed by atoms with Crippen molar-refractivity contribution in [3.63, 3.8) is 0 Å². The number of hydrogen-bond donors (Lipinski definition) is 0. The van der Waals surface area contributed by atoms with Crippen LogP contribution >= 0.6 is 34.8 Å². The number of halogens is 3. The Labute approximate surface area is 127 Å². The van der Waals surface area contributed by atoms with Crippen LogP contribution in [0.4, 0.5) is 0 Å². The third kappa shape index (κ3) is 6.58. The van der Waals surface area contributed by atoms with Crippen LogP contribution in [0.2, 0.25) is 13.3 Å². The van der Waals surface area contributed by atoms with Gasteiger partial charge in [0.25, 0.3) is 0 Å². The molecule has 0 aromatic carbocycles. The maximum absolute atomic E-state index is 6.39. The standard InChI is InChI=1S/3C4H9.CCl3.Sn/c3*1-3-4-2;2-1(3)4;/h3*1,3-4H2,2H3;;. The second kappa shape index (κ2) is 9.55. The Kier molecular flexibility index (Phi) is 10.5. The molecule has 0 spiro atoms. The summed E-state index contributed by atoms with van der Waals surface area (Å²) in [7, 11) is 0. The molecule has 0 heterocycles. The van der Waals surface area contributed by atoms with Crippen LogP contribution in [0.5, 0.6) is 0 Å². The van der Waals surface area contributed by atoms with Crippen LogP contribution in [-0.4, -0.2) is 20.2 Å². The molecule has 0 N–H and O–H groups in total. The van der Waals surface area contributed by atoms with E-state index in [0.717, 1.165) is 0 Å². The summed E-state index contributed by atoms with van der Waals surface area (Å²) < 4.78 is 2.85. The predicted octanol–water partition coefficient (Wildman–Crippen LogP) is 6.74. The summed E-state index contributed by atoms with van der Waals surface area (Å²) >= 11 is 16.6. The number of alkyl halides is 3. The Morgan fingerprint density at radius 3 is 1.18 bits per heavy atom. The minimum absolute atomic E-state index is 0.909. The third-order valence-electron chi connectivity index (χ3n) is 3.63. The van der Waals surface area contributed by atoms with Crippen molar-refractivity contribution in [2.24, 2.45) is 0 Å². The van der Waals surface area contributed by atoms with Gasteiger partial charge in [-0.25, -0.2) is 0 Å². The molecule has 0 aromatic rings. The van der Waals surface area contributed by atoms with Gasteiger partial charge in [0.2, 0.25) is 0 Å². The van der Waals surface area contributed by atoms with Crippen molar-refractivity contribution >= 4 is 53.2 Å². The molecular weight excluding hydrogens is 381 g/mol. The van der Waals surface area contributed by atoms with Crippen LogP contribution in [0.3, 0.4) is 0 Å². The van der Waals surface area contributed by atoms with E-state index in [1.165, 1.54) is 51.8 Å². The van der Waals surface area contributed by atoms with E-state index in [1.54, 1.807) is 0 Å². The van der Waals surface area contributed by atoms with Gasteiger partial charge in [0, 0.05) is 0 Å². The van der Waals surface area contributed by atoms with Gasteiger partial charge in [-0.2, -0.15) is 0 Å². The van der Waals surface area contributed by atoms with Crippen LogP contribution < -0.4 is 0 Å². The number of hydrogen-bond acceptors (Lipinski definition) is 0. The molecule has 0 aliphatic heterocycles. The fraction of sp³-hybridized carbons (Fsp3) is 1.00. The van der Waals surface area contributed by atoms with E-state index in [0.29, 0.717) is 0 Å². The van der Waals surface area contributed by atoms with Gasteiger partial charge in [-0.05, 0) is 0 Å². The van der Waals surface area contributed by atoms with Crippen LogP contribution in [0.25, 0.3) is 0 Å². The molecule has 0 aliphatic carbocycles. The molecule has 104 valence electrons. The summed E-state index contributed by atoms with van der Waals surface area (Å²) in [4.78, 5) is 0. The molecule has 0 fully saturated rings. The Morgan fingerprint density at radius 1 is 0.706 bits per heavy atom. The van der Waals surface area contributed by atoms with Gasteiger partial charge in [-0.15, -0.1) is 0 Å². The minimum atomic E-state index is -2.61. The Hall–Kier alpha value is 1.67. The number of unbranched alkanes of at least 4 members (excludes halogenated alkanes) is 3. The maximum atomic E-state index is 6.39. The number of rotatable bonds is 9. The molecule has 0 rings (SSSR count). The quantitative estimate of drug-likeness (QED) is 0.293. The van der Waals surface area contributed by atoms with E-state index in [1.807, 2.05) is 0 Å². The molecule has 0 aromatic heterocycles. The molecule has 0 saturated heterocycles. The van der Waals surface area contributed by atoms with Gasteiger partial charge in [-0.1, -0.05) is 0 Å². The molecule has 4 heteroatoms. The van der Waals surface area contributed by atoms with Crippen molar-refractivity contribution in [1.82, 2.24) is 0 Å². The van der Waals surface area contributed by atoms with Crippen molar-refractivity contribution in [3.8, 4) is 0 Å². The van der Waals surface area contributed by atoms with Gasteiger partial charge in [0.15, 0.2) is 0 Å². The molecule has 0 bridgehead atoms. The first kappa shape index (κ1) is 18.7. The molecule has 0 saturated carbocycles. The van der Waals surface area contributed by atoms with E-state index in [4.69, 9.17) is 34.8 Å². The molecular formula is C13H27Cl3Sn. The Bertz CT molecular complexity index is 168. The summed E-state index contributed by atoms with van der Waals surface area (Å²) in [5.41, 5.74) is 0. The van der Waals surface area contributed by atoms with Gasteiger partial charge in [-0.3, -0.25) is 0 Å². The zero-order valence-electron chi connectivity index (χ0n) is 11.5. The SMILES string of the molecule is CCC[CH2][Sn]([CH2]CCC)([CH2]CCC)[C](Cl)(Cl)Cl. The average molecular weight is 408 g/mol. The third-order valence-corrected chi connectivity index (χ3v) is 26.4. The summed E-state index contributed by atoms with van der Waals surface area (Å²) in [5.74, 6) is 0. The van der Waals surface area contributed by atoms with Gasteiger partial charge in [0.05, 0.1) is 0 Å². The van der Waals surface area contributed by atoms with Crippen molar-refractivity contribution in [2.45, 2.75) is 74.4 Å². The van der Waals surface area contributed by atoms with Gasteiger partial charge >= 0.3 is 128 Å². The first-order valence-electron chi connectivity index (χ1n) is 7.00. The van der Waals surface area contributed by atoms with Crippen molar-refractivity contribution in [1.29, 1.82) is 0 Å². The molecule has 0 atom stereocenters. The fourth-order valence-electron chi connectivity index (χ4n) is 2.35. The molecule has 17 heavy (non-hydrogen) atoms. The van der Waals surface area contributed by atoms with Gasteiger partial charge in [0.1, 0.15) is 0 Å². The summed E-state index contributed by atoms with van der Waals surface area (Å²) in [5, 5.41) is 0. The molecule has 0 amide bonds. The Balaban J connectivity index is 4.78. The fourth-order valence-corrected chi connectivity index (χ4v) is 21.4. The van der Waals surface area contributed by atoms with Crippen molar-refractivity contribution < 1.29 is 0 Å². The van der Waals surface area contributed by atoms with Gasteiger partial charge < -0.3 is 0 Å². The topological polar surface area (TPSA) is 0 Å².